The first-order chi connectivity index (χ1) is 12.2. The van der Waals surface area contributed by atoms with E-state index in [2.05, 4.69) is 10.1 Å². The van der Waals surface area contributed by atoms with E-state index in [-0.39, 0.29) is 5.69 Å². The molecule has 2 heterocycles. The van der Waals surface area contributed by atoms with Crippen molar-refractivity contribution in [3.05, 3.63) is 83.2 Å². The first-order valence-corrected chi connectivity index (χ1v) is 7.52. The van der Waals surface area contributed by atoms with E-state index in [1.807, 2.05) is 54.6 Å². The molecular formula is C18H12N4O3. The highest BCUT2D eigenvalue weighted by Gasteiger charge is 2.11. The molecule has 4 aromatic rings. The third-order valence-electron chi connectivity index (χ3n) is 3.64. The van der Waals surface area contributed by atoms with Gasteiger partial charge >= 0.3 is 5.69 Å². The number of rotatable bonds is 4. The Kier molecular flexibility index (Phi) is 3.59. The Bertz CT molecular complexity index is 1040. The predicted octanol–water partition coefficient (Wildman–Crippen LogP) is 4.10. The molecule has 25 heavy (non-hydrogen) atoms. The van der Waals surface area contributed by atoms with Crippen LogP contribution in [0, 0.1) is 10.1 Å². The third-order valence-corrected chi connectivity index (χ3v) is 3.64. The third kappa shape index (κ3) is 3.02. The molecule has 122 valence electrons. The van der Waals surface area contributed by atoms with Crippen LogP contribution in [0.3, 0.4) is 0 Å². The summed E-state index contributed by atoms with van der Waals surface area (Å²) in [4.78, 5) is 14.4. The molecule has 4 rings (SSSR count). The minimum Gasteiger partial charge on any atom is -0.457 e. The van der Waals surface area contributed by atoms with Gasteiger partial charge in [0, 0.05) is 11.6 Å². The van der Waals surface area contributed by atoms with Gasteiger partial charge in [-0.15, -0.1) is 0 Å². The molecule has 0 spiro atoms. The second-order valence-electron chi connectivity index (χ2n) is 5.34. The van der Waals surface area contributed by atoms with E-state index >= 15 is 0 Å². The Morgan fingerprint density at radius 2 is 1.72 bits per heavy atom. The van der Waals surface area contributed by atoms with Crippen molar-refractivity contribution < 1.29 is 9.66 Å². The van der Waals surface area contributed by atoms with Gasteiger partial charge in [0.25, 0.3) is 0 Å². The van der Waals surface area contributed by atoms with E-state index in [1.165, 1.54) is 16.9 Å². The van der Waals surface area contributed by atoms with Crippen molar-refractivity contribution >= 4 is 11.3 Å². The fourth-order valence-corrected chi connectivity index (χ4v) is 2.42. The van der Waals surface area contributed by atoms with Crippen molar-refractivity contribution in [2.45, 2.75) is 0 Å². The van der Waals surface area contributed by atoms with Crippen molar-refractivity contribution in [2.75, 3.05) is 0 Å². The minimum atomic E-state index is -0.497. The Morgan fingerprint density at radius 3 is 2.44 bits per heavy atom. The van der Waals surface area contributed by atoms with E-state index in [4.69, 9.17) is 4.74 Å². The number of benzene rings is 2. The van der Waals surface area contributed by atoms with Crippen molar-refractivity contribution in [3.8, 4) is 22.8 Å². The maximum absolute atomic E-state index is 10.8. The molecule has 0 unspecified atom stereocenters. The smallest absolute Gasteiger partial charge is 0.305 e. The molecule has 2 aromatic heterocycles. The summed E-state index contributed by atoms with van der Waals surface area (Å²) in [6.45, 7) is 0. The van der Waals surface area contributed by atoms with Crippen LogP contribution in [0.2, 0.25) is 0 Å². The van der Waals surface area contributed by atoms with Crippen LogP contribution in [0.1, 0.15) is 0 Å². The van der Waals surface area contributed by atoms with E-state index < -0.39 is 4.92 Å². The molecule has 0 radical (unpaired) electrons. The first-order valence-electron chi connectivity index (χ1n) is 7.52. The summed E-state index contributed by atoms with van der Waals surface area (Å²) in [6, 6.07) is 18.8. The van der Waals surface area contributed by atoms with Crippen molar-refractivity contribution in [3.63, 3.8) is 0 Å². The van der Waals surface area contributed by atoms with Crippen LogP contribution in [-0.2, 0) is 0 Å². The van der Waals surface area contributed by atoms with Crippen LogP contribution < -0.4 is 4.74 Å². The van der Waals surface area contributed by atoms with Crippen LogP contribution in [0.15, 0.2) is 73.1 Å². The van der Waals surface area contributed by atoms with Gasteiger partial charge in [-0.2, -0.15) is 5.10 Å². The van der Waals surface area contributed by atoms with Gasteiger partial charge in [-0.05, 0) is 36.4 Å². The molecule has 0 saturated carbocycles. The van der Waals surface area contributed by atoms with Crippen molar-refractivity contribution in [1.29, 1.82) is 0 Å². The molecule has 0 aliphatic heterocycles. The second-order valence-corrected chi connectivity index (χ2v) is 5.34. The average Bonchev–Trinajstić information content (AvgIpc) is 3.06. The molecule has 0 aliphatic carbocycles. The first kappa shape index (κ1) is 14.8. The Balaban J connectivity index is 1.61. The highest BCUT2D eigenvalue weighted by Crippen LogP contribution is 2.25. The Hall–Kier alpha value is -3.74. The number of hydrogen-bond donors (Lipinski definition) is 0. The second kappa shape index (κ2) is 6.04. The SMILES string of the molecule is O=[N+]([O-])c1cnc2cc(-c3ccc(Oc4ccccc4)cc3)nn2c1. The normalized spacial score (nSPS) is 10.7. The fraction of sp³-hybridized carbons (Fsp3) is 0. The summed E-state index contributed by atoms with van der Waals surface area (Å²) in [7, 11) is 0. The van der Waals surface area contributed by atoms with Gasteiger partial charge in [0.2, 0.25) is 0 Å². The molecule has 0 amide bonds. The summed E-state index contributed by atoms with van der Waals surface area (Å²) in [5, 5.41) is 15.2. The van der Waals surface area contributed by atoms with Gasteiger partial charge in [0.05, 0.1) is 10.6 Å². The standard InChI is InChI=1S/C18H12N4O3/c23-22(24)14-11-19-18-10-17(20-21(18)12-14)13-6-8-16(9-7-13)25-15-4-2-1-3-5-15/h1-12H. The lowest BCUT2D eigenvalue weighted by Gasteiger charge is -2.05. The zero-order chi connectivity index (χ0) is 17.2. The lowest BCUT2D eigenvalue weighted by atomic mass is 10.1. The minimum absolute atomic E-state index is 0.103. The van der Waals surface area contributed by atoms with Gasteiger partial charge in [-0.3, -0.25) is 10.1 Å². The van der Waals surface area contributed by atoms with Gasteiger partial charge in [-0.25, -0.2) is 9.50 Å². The molecule has 0 bridgehead atoms. The van der Waals surface area contributed by atoms with Gasteiger partial charge < -0.3 is 4.74 Å². The lowest BCUT2D eigenvalue weighted by Crippen LogP contribution is -1.95. The van der Waals surface area contributed by atoms with E-state index in [1.54, 1.807) is 6.07 Å². The Labute approximate surface area is 142 Å². The van der Waals surface area contributed by atoms with Crippen LogP contribution in [0.5, 0.6) is 11.5 Å². The maximum atomic E-state index is 10.8. The largest absolute Gasteiger partial charge is 0.457 e. The van der Waals surface area contributed by atoms with Crippen LogP contribution in [0.4, 0.5) is 5.69 Å². The number of nitrogens with zero attached hydrogens (tertiary/aromatic N) is 4. The maximum Gasteiger partial charge on any atom is 0.305 e. The lowest BCUT2D eigenvalue weighted by molar-refractivity contribution is -0.385. The van der Waals surface area contributed by atoms with Crippen molar-refractivity contribution in [2.24, 2.45) is 0 Å². The highest BCUT2D eigenvalue weighted by atomic mass is 16.6. The zero-order valence-electron chi connectivity index (χ0n) is 12.9. The van der Waals surface area contributed by atoms with E-state index in [9.17, 15) is 10.1 Å². The fourth-order valence-electron chi connectivity index (χ4n) is 2.42. The summed E-state index contributed by atoms with van der Waals surface area (Å²) in [5.74, 6) is 1.48. The van der Waals surface area contributed by atoms with Gasteiger partial charge in [0.15, 0.2) is 5.65 Å². The molecule has 0 saturated heterocycles. The predicted molar refractivity (Wildman–Crippen MR) is 91.6 cm³/mol. The summed E-state index contributed by atoms with van der Waals surface area (Å²) >= 11 is 0. The number of ether oxygens (including phenoxy) is 1. The monoisotopic (exact) mass is 332 g/mol. The van der Waals surface area contributed by atoms with Crippen LogP contribution in [0.25, 0.3) is 16.9 Å². The molecule has 0 atom stereocenters. The molecule has 7 nitrogen and oxygen atoms in total. The molecule has 0 N–H and O–H groups in total. The highest BCUT2D eigenvalue weighted by molar-refractivity contribution is 5.65. The molecular weight excluding hydrogens is 320 g/mol. The molecule has 0 fully saturated rings. The number of aromatic nitrogens is 3. The number of fused-ring (bicyclic) bond motifs is 1. The molecule has 2 aromatic carbocycles. The summed E-state index contributed by atoms with van der Waals surface area (Å²) in [6.07, 6.45) is 2.57. The average molecular weight is 332 g/mol. The Morgan fingerprint density at radius 1 is 1.00 bits per heavy atom. The number of nitro groups is 1. The topological polar surface area (TPSA) is 82.6 Å². The molecule has 0 aliphatic rings. The number of hydrogen-bond acceptors (Lipinski definition) is 5. The van der Waals surface area contributed by atoms with Crippen LogP contribution >= 0.6 is 0 Å². The van der Waals surface area contributed by atoms with Crippen LogP contribution in [-0.4, -0.2) is 19.5 Å². The van der Waals surface area contributed by atoms with Gasteiger partial charge in [0.1, 0.15) is 23.9 Å². The van der Waals surface area contributed by atoms with Gasteiger partial charge in [-0.1, -0.05) is 18.2 Å². The number of para-hydroxylation sites is 1. The van der Waals surface area contributed by atoms with E-state index in [0.717, 1.165) is 11.3 Å². The zero-order valence-corrected chi connectivity index (χ0v) is 12.9. The summed E-state index contributed by atoms with van der Waals surface area (Å²) < 4.78 is 7.16. The summed E-state index contributed by atoms with van der Waals surface area (Å²) in [5.41, 5.74) is 1.99. The van der Waals surface area contributed by atoms with Crippen molar-refractivity contribution in [1.82, 2.24) is 14.6 Å². The quantitative estimate of drug-likeness (QED) is 0.415. The molecule has 7 heteroatoms. The van der Waals surface area contributed by atoms with E-state index in [0.29, 0.717) is 17.1 Å².